The number of rotatable bonds is 3. The molecule has 1 saturated heterocycles. The molecule has 0 radical (unpaired) electrons. The van der Waals surface area contributed by atoms with E-state index in [0.717, 1.165) is 18.7 Å². The Bertz CT molecular complexity index is 962. The quantitative estimate of drug-likeness (QED) is 0.704. The number of morpholine rings is 1. The van der Waals surface area contributed by atoms with E-state index >= 15 is 0 Å². The van der Waals surface area contributed by atoms with E-state index in [1.165, 1.54) is 4.63 Å². The van der Waals surface area contributed by atoms with Gasteiger partial charge in [-0.05, 0) is 31.9 Å². The zero-order chi connectivity index (χ0) is 17.7. The molecule has 1 aliphatic carbocycles. The molecule has 1 aliphatic heterocycles. The number of hydrogen-bond donors (Lipinski definition) is 0. The molecule has 26 heavy (non-hydrogen) atoms. The van der Waals surface area contributed by atoms with E-state index in [1.54, 1.807) is 23.4 Å². The number of hydrogen-bond acceptors (Lipinski definition) is 7. The van der Waals surface area contributed by atoms with Crippen LogP contribution in [0.15, 0.2) is 29.0 Å². The smallest absolute Gasteiger partial charge is 0.257 e. The molecule has 0 spiro atoms. The van der Waals surface area contributed by atoms with E-state index in [-0.39, 0.29) is 12.0 Å². The lowest BCUT2D eigenvalue weighted by Crippen LogP contribution is -2.46. The van der Waals surface area contributed by atoms with Crippen molar-refractivity contribution in [2.45, 2.75) is 37.9 Å². The van der Waals surface area contributed by atoms with Crippen molar-refractivity contribution in [3.63, 3.8) is 0 Å². The van der Waals surface area contributed by atoms with Crippen molar-refractivity contribution in [1.82, 2.24) is 29.9 Å². The predicted molar refractivity (Wildman–Crippen MR) is 88.5 cm³/mol. The Labute approximate surface area is 148 Å². The molecule has 1 saturated carbocycles. The Kier molecular flexibility index (Phi) is 3.49. The molecule has 9 nitrogen and oxygen atoms in total. The second kappa shape index (κ2) is 5.87. The van der Waals surface area contributed by atoms with E-state index in [4.69, 9.17) is 9.26 Å². The number of ether oxygens (including phenoxy) is 1. The lowest BCUT2D eigenvalue weighted by molar-refractivity contribution is -0.0809. The number of nitrogens with zero attached hydrogens (tertiary/aromatic N) is 6. The summed E-state index contributed by atoms with van der Waals surface area (Å²) in [4.78, 5) is 19.3. The van der Waals surface area contributed by atoms with Crippen LogP contribution in [0.2, 0.25) is 0 Å². The lowest BCUT2D eigenvalue weighted by atomic mass is 10.1. The van der Waals surface area contributed by atoms with Crippen molar-refractivity contribution in [1.29, 1.82) is 0 Å². The maximum atomic E-state index is 13.0. The van der Waals surface area contributed by atoms with Crippen molar-refractivity contribution in [3.8, 4) is 0 Å². The molecule has 2 atom stereocenters. The zero-order valence-corrected chi connectivity index (χ0v) is 14.3. The fourth-order valence-corrected chi connectivity index (χ4v) is 3.31. The predicted octanol–water partition coefficient (Wildman–Crippen LogP) is 1.59. The van der Waals surface area contributed by atoms with Gasteiger partial charge in [0.1, 0.15) is 5.52 Å². The fourth-order valence-electron chi connectivity index (χ4n) is 3.31. The minimum Gasteiger partial charge on any atom is -0.362 e. The topological polar surface area (TPSA) is 98.7 Å². The molecule has 3 aromatic rings. The zero-order valence-electron chi connectivity index (χ0n) is 14.3. The minimum absolute atomic E-state index is 0.102. The fraction of sp³-hybridized carbons (Fsp3) is 0.471. The third-order valence-electron chi connectivity index (χ3n) is 4.76. The summed E-state index contributed by atoms with van der Waals surface area (Å²) in [5.74, 6) is 1.50. The molecule has 0 unspecified atom stereocenters. The number of aromatic nitrogens is 5. The van der Waals surface area contributed by atoms with Crippen LogP contribution in [0.1, 0.15) is 53.9 Å². The molecular weight excluding hydrogens is 336 g/mol. The summed E-state index contributed by atoms with van der Waals surface area (Å²) in [5.41, 5.74) is 1.21. The first-order valence-corrected chi connectivity index (χ1v) is 8.76. The van der Waals surface area contributed by atoms with Gasteiger partial charge in [-0.2, -0.15) is 19.8 Å². The number of amides is 1. The maximum Gasteiger partial charge on any atom is 0.257 e. The van der Waals surface area contributed by atoms with E-state index < -0.39 is 6.10 Å². The van der Waals surface area contributed by atoms with Crippen molar-refractivity contribution >= 4 is 11.4 Å². The third kappa shape index (κ3) is 2.64. The summed E-state index contributed by atoms with van der Waals surface area (Å²) in [6.07, 6.45) is 4.85. The summed E-state index contributed by atoms with van der Waals surface area (Å²) in [7, 11) is 0. The molecule has 0 N–H and O–H groups in total. The second-order valence-corrected chi connectivity index (χ2v) is 6.87. The van der Waals surface area contributed by atoms with E-state index in [1.807, 2.05) is 13.0 Å². The SMILES string of the molecule is C[C@@H]1CN(C(=O)c2cnn3ncccc23)C[C@H](c2nc(C3CC3)no2)O1. The Morgan fingerprint density at radius 1 is 1.27 bits per heavy atom. The highest BCUT2D eigenvalue weighted by Crippen LogP contribution is 2.39. The minimum atomic E-state index is -0.414. The van der Waals surface area contributed by atoms with Gasteiger partial charge in [-0.15, -0.1) is 0 Å². The third-order valence-corrected chi connectivity index (χ3v) is 4.76. The van der Waals surface area contributed by atoms with E-state index in [2.05, 4.69) is 20.3 Å². The van der Waals surface area contributed by atoms with Crippen LogP contribution in [0.25, 0.3) is 5.52 Å². The summed E-state index contributed by atoms with van der Waals surface area (Å²) >= 11 is 0. The first-order valence-electron chi connectivity index (χ1n) is 8.76. The highest BCUT2D eigenvalue weighted by Gasteiger charge is 2.36. The largest absolute Gasteiger partial charge is 0.362 e. The van der Waals surface area contributed by atoms with Crippen LogP contribution in [-0.2, 0) is 4.74 Å². The molecule has 2 aliphatic rings. The molecule has 0 bridgehead atoms. The number of carbonyl (C=O) groups is 1. The number of carbonyl (C=O) groups excluding carboxylic acids is 1. The van der Waals surface area contributed by atoms with Gasteiger partial charge in [0.2, 0.25) is 0 Å². The molecule has 1 amide bonds. The van der Waals surface area contributed by atoms with Gasteiger partial charge in [0.25, 0.3) is 11.8 Å². The second-order valence-electron chi connectivity index (χ2n) is 6.87. The average Bonchev–Trinajstić information content (AvgIpc) is 3.23. The van der Waals surface area contributed by atoms with Crippen molar-refractivity contribution in [2.75, 3.05) is 13.1 Å². The highest BCUT2D eigenvalue weighted by atomic mass is 16.5. The molecule has 5 rings (SSSR count). The normalized spacial score (nSPS) is 23.5. The molecule has 9 heteroatoms. The van der Waals surface area contributed by atoms with Crippen LogP contribution in [0.5, 0.6) is 0 Å². The van der Waals surface area contributed by atoms with Gasteiger partial charge in [0, 0.05) is 18.7 Å². The van der Waals surface area contributed by atoms with Gasteiger partial charge in [0.15, 0.2) is 11.9 Å². The van der Waals surface area contributed by atoms with E-state index in [9.17, 15) is 4.79 Å². The molecule has 134 valence electrons. The van der Waals surface area contributed by atoms with Gasteiger partial charge < -0.3 is 14.2 Å². The van der Waals surface area contributed by atoms with Crippen molar-refractivity contribution < 1.29 is 14.1 Å². The van der Waals surface area contributed by atoms with Crippen molar-refractivity contribution in [2.24, 2.45) is 0 Å². The summed E-state index contributed by atoms with van der Waals surface area (Å²) in [6, 6.07) is 3.62. The maximum absolute atomic E-state index is 13.0. The summed E-state index contributed by atoms with van der Waals surface area (Å²) in [6.45, 7) is 2.80. The first kappa shape index (κ1) is 15.4. The Morgan fingerprint density at radius 3 is 3.00 bits per heavy atom. The Morgan fingerprint density at radius 2 is 2.15 bits per heavy atom. The van der Waals surface area contributed by atoms with E-state index in [0.29, 0.717) is 36.0 Å². The van der Waals surface area contributed by atoms with Crippen LogP contribution >= 0.6 is 0 Å². The Hall–Kier alpha value is -2.81. The van der Waals surface area contributed by atoms with Crippen LogP contribution in [0.4, 0.5) is 0 Å². The van der Waals surface area contributed by atoms with Gasteiger partial charge >= 0.3 is 0 Å². The van der Waals surface area contributed by atoms with Gasteiger partial charge in [-0.25, -0.2) is 0 Å². The number of fused-ring (bicyclic) bond motifs is 1. The molecule has 3 aromatic heterocycles. The molecule has 0 aromatic carbocycles. The lowest BCUT2D eigenvalue weighted by Gasteiger charge is -2.35. The first-order chi connectivity index (χ1) is 12.7. The van der Waals surface area contributed by atoms with Gasteiger partial charge in [-0.1, -0.05) is 5.16 Å². The van der Waals surface area contributed by atoms with Crippen molar-refractivity contribution in [3.05, 3.63) is 41.8 Å². The standard InChI is InChI=1S/C17H18N6O3/c1-10-8-22(17(24)12-7-19-23-13(12)3-2-6-18-23)9-14(25-10)16-20-15(21-26-16)11-4-5-11/h2-3,6-7,10-11,14H,4-5,8-9H2,1H3/t10-,14-/m1/s1. The monoisotopic (exact) mass is 354 g/mol. The van der Waals surface area contributed by atoms with Crippen LogP contribution in [0.3, 0.4) is 0 Å². The molecule has 4 heterocycles. The van der Waals surface area contributed by atoms with Crippen LogP contribution in [0, 0.1) is 0 Å². The molecular formula is C17H18N6O3. The van der Waals surface area contributed by atoms with Gasteiger partial charge in [-0.3, -0.25) is 4.79 Å². The summed E-state index contributed by atoms with van der Waals surface area (Å²) in [5, 5.41) is 12.3. The molecule has 2 fully saturated rings. The van der Waals surface area contributed by atoms with Crippen LogP contribution in [-0.4, -0.2) is 55.0 Å². The van der Waals surface area contributed by atoms with Gasteiger partial charge in [0.05, 0.1) is 24.4 Å². The van der Waals surface area contributed by atoms with Crippen LogP contribution < -0.4 is 0 Å². The highest BCUT2D eigenvalue weighted by molar-refractivity contribution is 6.00. The Balaban J connectivity index is 1.40. The summed E-state index contributed by atoms with van der Waals surface area (Å²) < 4.78 is 12.8. The average molecular weight is 354 g/mol.